The molecule has 7 heteroatoms. The Morgan fingerprint density at radius 3 is 2.84 bits per heavy atom. The lowest BCUT2D eigenvalue weighted by Gasteiger charge is -2.20. The molecule has 0 fully saturated rings. The van der Waals surface area contributed by atoms with Gasteiger partial charge in [-0.05, 0) is 29.9 Å². The van der Waals surface area contributed by atoms with Crippen molar-refractivity contribution in [3.63, 3.8) is 0 Å². The van der Waals surface area contributed by atoms with Crippen molar-refractivity contribution in [2.45, 2.75) is 19.0 Å². The van der Waals surface area contributed by atoms with Crippen LogP contribution in [0.15, 0.2) is 17.5 Å². The van der Waals surface area contributed by atoms with E-state index in [2.05, 4.69) is 5.32 Å². The molecule has 1 heterocycles. The van der Waals surface area contributed by atoms with Gasteiger partial charge in [0.15, 0.2) is 0 Å². The van der Waals surface area contributed by atoms with Gasteiger partial charge in [0.2, 0.25) is 0 Å². The predicted octanol–water partition coefficient (Wildman–Crippen LogP) is 2.10. The van der Waals surface area contributed by atoms with Crippen molar-refractivity contribution in [2.24, 2.45) is 0 Å². The Morgan fingerprint density at radius 2 is 2.32 bits per heavy atom. The third kappa shape index (κ3) is 5.52. The molecule has 1 atom stereocenters. The maximum Gasteiger partial charge on any atom is 0.326 e. The molecule has 106 valence electrons. The number of thioether (sulfide) groups is 1. The van der Waals surface area contributed by atoms with Crippen LogP contribution in [-0.4, -0.2) is 47.1 Å². The van der Waals surface area contributed by atoms with Gasteiger partial charge in [-0.1, -0.05) is 6.07 Å². The lowest BCUT2D eigenvalue weighted by atomic mass is 10.2. The molecule has 1 rings (SSSR count). The Kier molecular flexibility index (Phi) is 6.72. The number of hydrogen-bond acceptors (Lipinski definition) is 4. The van der Waals surface area contributed by atoms with Crippen molar-refractivity contribution >= 4 is 35.1 Å². The third-order valence-electron chi connectivity index (χ3n) is 2.53. The van der Waals surface area contributed by atoms with E-state index in [1.807, 2.05) is 23.8 Å². The summed E-state index contributed by atoms with van der Waals surface area (Å²) >= 11 is 3.13. The fourth-order valence-electron chi connectivity index (χ4n) is 1.46. The van der Waals surface area contributed by atoms with Crippen molar-refractivity contribution in [3.05, 3.63) is 22.4 Å². The third-order valence-corrected chi connectivity index (χ3v) is 4.03. The molecule has 1 aromatic heterocycles. The van der Waals surface area contributed by atoms with Gasteiger partial charge in [0.1, 0.15) is 6.04 Å². The quantitative estimate of drug-likeness (QED) is 0.809. The molecule has 0 aromatic carbocycles. The summed E-state index contributed by atoms with van der Waals surface area (Å²) in [5, 5.41) is 13.5. The topological polar surface area (TPSA) is 69.6 Å². The Hall–Kier alpha value is -1.21. The zero-order valence-electron chi connectivity index (χ0n) is 11.0. The molecule has 19 heavy (non-hydrogen) atoms. The summed E-state index contributed by atoms with van der Waals surface area (Å²) in [6.45, 7) is 0.484. The van der Waals surface area contributed by atoms with Gasteiger partial charge in [0.25, 0.3) is 0 Å². The van der Waals surface area contributed by atoms with Crippen LogP contribution in [0, 0.1) is 0 Å². The van der Waals surface area contributed by atoms with Crippen LogP contribution in [0.1, 0.15) is 11.3 Å². The zero-order valence-corrected chi connectivity index (χ0v) is 12.6. The Morgan fingerprint density at radius 1 is 1.58 bits per heavy atom. The van der Waals surface area contributed by atoms with Crippen LogP contribution < -0.4 is 5.32 Å². The SMILES string of the molecule is CSCC[C@H](NC(=O)N(C)Cc1cccs1)C(=O)O. The van der Waals surface area contributed by atoms with Gasteiger partial charge in [0, 0.05) is 11.9 Å². The van der Waals surface area contributed by atoms with Crippen LogP contribution in [0.3, 0.4) is 0 Å². The standard InChI is InChI=1S/C12H18N2O3S2/c1-14(8-9-4-3-6-19-9)12(17)13-10(11(15)16)5-7-18-2/h3-4,6,10H,5,7-8H2,1-2H3,(H,13,17)(H,15,16)/t10-/m0/s1. The van der Waals surface area contributed by atoms with E-state index in [0.29, 0.717) is 18.7 Å². The molecule has 1 aromatic rings. The number of hydrogen-bond donors (Lipinski definition) is 2. The fourth-order valence-corrected chi connectivity index (χ4v) is 2.69. The number of rotatable bonds is 7. The second kappa shape index (κ2) is 8.06. The smallest absolute Gasteiger partial charge is 0.326 e. The zero-order chi connectivity index (χ0) is 14.3. The minimum Gasteiger partial charge on any atom is -0.480 e. The molecule has 0 radical (unpaired) electrons. The number of nitrogens with one attached hydrogen (secondary N) is 1. The number of aliphatic carboxylic acids is 1. The Balaban J connectivity index is 2.48. The second-order valence-corrected chi connectivity index (χ2v) is 6.08. The average Bonchev–Trinajstić information content (AvgIpc) is 2.86. The van der Waals surface area contributed by atoms with E-state index < -0.39 is 12.0 Å². The summed E-state index contributed by atoms with van der Waals surface area (Å²) in [7, 11) is 1.66. The lowest BCUT2D eigenvalue weighted by molar-refractivity contribution is -0.139. The Labute approximate surface area is 121 Å². The van der Waals surface area contributed by atoms with E-state index in [-0.39, 0.29) is 6.03 Å². The Bertz CT molecular complexity index is 409. The minimum absolute atomic E-state index is 0.359. The van der Waals surface area contributed by atoms with E-state index in [4.69, 9.17) is 5.11 Å². The number of carbonyl (C=O) groups excluding carboxylic acids is 1. The highest BCUT2D eigenvalue weighted by Gasteiger charge is 2.21. The van der Waals surface area contributed by atoms with Gasteiger partial charge >= 0.3 is 12.0 Å². The summed E-state index contributed by atoms with van der Waals surface area (Å²) in [5.41, 5.74) is 0. The first kappa shape index (κ1) is 15.8. The van der Waals surface area contributed by atoms with Crippen LogP contribution in [-0.2, 0) is 11.3 Å². The maximum atomic E-state index is 11.9. The van der Waals surface area contributed by atoms with Gasteiger partial charge in [-0.15, -0.1) is 11.3 Å². The molecular weight excluding hydrogens is 284 g/mol. The summed E-state index contributed by atoms with van der Waals surface area (Å²) in [4.78, 5) is 25.5. The number of carbonyl (C=O) groups is 2. The largest absolute Gasteiger partial charge is 0.480 e. The van der Waals surface area contributed by atoms with Gasteiger partial charge < -0.3 is 15.3 Å². The number of nitrogens with zero attached hydrogens (tertiary/aromatic N) is 1. The summed E-state index contributed by atoms with van der Waals surface area (Å²) in [6, 6.07) is 2.67. The van der Waals surface area contributed by atoms with Crippen LogP contribution in [0.2, 0.25) is 0 Å². The van der Waals surface area contributed by atoms with Crippen molar-refractivity contribution in [2.75, 3.05) is 19.1 Å². The molecule has 2 N–H and O–H groups in total. The highest BCUT2D eigenvalue weighted by Crippen LogP contribution is 2.11. The van der Waals surface area contributed by atoms with Gasteiger partial charge in [-0.25, -0.2) is 9.59 Å². The maximum absolute atomic E-state index is 11.9. The second-order valence-electron chi connectivity index (χ2n) is 4.06. The molecule has 0 aliphatic rings. The van der Waals surface area contributed by atoms with Crippen molar-refractivity contribution in [3.8, 4) is 0 Å². The molecule has 5 nitrogen and oxygen atoms in total. The highest BCUT2D eigenvalue weighted by molar-refractivity contribution is 7.98. The molecule has 0 aliphatic heterocycles. The summed E-state index contributed by atoms with van der Waals surface area (Å²) < 4.78 is 0. The first-order chi connectivity index (χ1) is 9.04. The van der Waals surface area contributed by atoms with Crippen LogP contribution >= 0.6 is 23.1 Å². The molecule has 0 saturated carbocycles. The first-order valence-corrected chi connectivity index (χ1v) is 8.07. The normalized spacial score (nSPS) is 11.9. The number of urea groups is 1. The van der Waals surface area contributed by atoms with E-state index >= 15 is 0 Å². The molecule has 0 saturated heterocycles. The van der Waals surface area contributed by atoms with E-state index in [1.54, 1.807) is 30.1 Å². The van der Waals surface area contributed by atoms with Crippen molar-refractivity contribution < 1.29 is 14.7 Å². The molecule has 2 amide bonds. The number of amides is 2. The van der Waals surface area contributed by atoms with Gasteiger partial charge in [-0.3, -0.25) is 0 Å². The molecular formula is C12H18N2O3S2. The van der Waals surface area contributed by atoms with E-state index in [0.717, 1.165) is 4.88 Å². The van der Waals surface area contributed by atoms with E-state index in [1.165, 1.54) is 4.90 Å². The van der Waals surface area contributed by atoms with Crippen molar-refractivity contribution in [1.82, 2.24) is 10.2 Å². The van der Waals surface area contributed by atoms with Crippen LogP contribution in [0.25, 0.3) is 0 Å². The fraction of sp³-hybridized carbons (Fsp3) is 0.500. The molecule has 0 bridgehead atoms. The summed E-state index contributed by atoms with van der Waals surface area (Å²) in [6.07, 6.45) is 2.33. The van der Waals surface area contributed by atoms with Crippen molar-refractivity contribution in [1.29, 1.82) is 0 Å². The van der Waals surface area contributed by atoms with Gasteiger partial charge in [-0.2, -0.15) is 11.8 Å². The average molecular weight is 302 g/mol. The van der Waals surface area contributed by atoms with E-state index in [9.17, 15) is 9.59 Å². The van der Waals surface area contributed by atoms with Gasteiger partial charge in [0.05, 0.1) is 6.54 Å². The van der Waals surface area contributed by atoms with Crippen LogP contribution in [0.5, 0.6) is 0 Å². The van der Waals surface area contributed by atoms with Crippen LogP contribution in [0.4, 0.5) is 4.79 Å². The molecule has 0 spiro atoms. The molecule has 0 aliphatic carbocycles. The first-order valence-electron chi connectivity index (χ1n) is 5.80. The predicted molar refractivity (Wildman–Crippen MR) is 78.7 cm³/mol. The molecule has 0 unspecified atom stereocenters. The minimum atomic E-state index is -0.994. The lowest BCUT2D eigenvalue weighted by Crippen LogP contribution is -2.46. The number of carboxylic acid groups (broad SMARTS) is 1. The number of carboxylic acids is 1. The highest BCUT2D eigenvalue weighted by atomic mass is 32.2. The monoisotopic (exact) mass is 302 g/mol. The number of thiophene rings is 1. The summed E-state index contributed by atoms with van der Waals surface area (Å²) in [5.74, 6) is -0.293.